The van der Waals surface area contributed by atoms with Crippen LogP contribution in [0.5, 0.6) is 0 Å². The van der Waals surface area contributed by atoms with E-state index in [9.17, 15) is 58.5 Å². The Bertz CT molecular complexity index is 3360. The Morgan fingerprint density at radius 2 is 0.594 bits per heavy atom. The number of hydrogen-bond donors (Lipinski definition) is 4. The molecule has 3 aliphatic rings. The Balaban J connectivity index is 0.000000230. The van der Waals surface area contributed by atoms with Crippen molar-refractivity contribution in [2.75, 3.05) is 80.2 Å². The van der Waals surface area contributed by atoms with Crippen LogP contribution in [0, 0.1) is 0 Å². The number of methoxy groups -OCH3 is 3. The number of esters is 3. The van der Waals surface area contributed by atoms with Crippen LogP contribution in [-0.4, -0.2) is 176 Å². The van der Waals surface area contributed by atoms with Gasteiger partial charge >= 0.3 is 17.9 Å². The first kappa shape index (κ1) is 85.2. The molecule has 3 saturated heterocycles. The fourth-order valence-electron chi connectivity index (χ4n) is 14.1. The van der Waals surface area contributed by atoms with Gasteiger partial charge in [0.15, 0.2) is 16.6 Å². The van der Waals surface area contributed by atoms with Crippen molar-refractivity contribution in [1.82, 2.24) is 15.2 Å². The summed E-state index contributed by atoms with van der Waals surface area (Å²) in [5.41, 5.74) is 0.524. The number of nitrogens with one attached hydrogen (secondary N) is 3. The molecule has 6 aromatic rings. The van der Waals surface area contributed by atoms with Crippen molar-refractivity contribution in [3.63, 3.8) is 0 Å². The molecule has 9 rings (SSSR count). The van der Waals surface area contributed by atoms with E-state index in [1.807, 2.05) is 109 Å². The van der Waals surface area contributed by atoms with Gasteiger partial charge in [-0.15, -0.1) is 0 Å². The number of rotatable bonds is 29. The minimum absolute atomic E-state index is 0.223. The highest BCUT2D eigenvalue weighted by Crippen LogP contribution is 2.32. The van der Waals surface area contributed by atoms with E-state index in [0.717, 1.165) is 75.6 Å². The first-order valence-electron chi connectivity index (χ1n) is 35.8. The molecule has 3 fully saturated rings. The zero-order valence-corrected chi connectivity index (χ0v) is 62.3. The number of carbonyl (C=O) groups is 9. The molecule has 0 radical (unpaired) electrons. The molecule has 0 spiro atoms. The molecule has 572 valence electrons. The van der Waals surface area contributed by atoms with Gasteiger partial charge in [-0.05, 0) is 33.4 Å². The topological polar surface area (TPSA) is 321 Å². The average molecular weight is 1470 g/mol. The van der Waals surface area contributed by atoms with Crippen LogP contribution in [0.2, 0.25) is 0 Å². The average Bonchev–Trinajstić information content (AvgIpc) is 0.803. The van der Waals surface area contributed by atoms with Gasteiger partial charge in [0.1, 0.15) is 25.4 Å². The van der Waals surface area contributed by atoms with Crippen LogP contribution in [0.3, 0.4) is 0 Å². The third-order valence-corrected chi connectivity index (χ3v) is 19.8. The van der Waals surface area contributed by atoms with E-state index in [4.69, 9.17) is 33.8 Å². The van der Waals surface area contributed by atoms with E-state index in [-0.39, 0.29) is 37.5 Å². The Labute approximate surface area is 621 Å². The highest BCUT2D eigenvalue weighted by molar-refractivity contribution is 5.89. The van der Waals surface area contributed by atoms with Crippen molar-refractivity contribution < 1.29 is 107 Å². The van der Waals surface area contributed by atoms with Crippen LogP contribution < -0.4 is 30.0 Å². The number of piperidine rings is 3. The summed E-state index contributed by atoms with van der Waals surface area (Å²) in [6.45, 7) is 19.2. The van der Waals surface area contributed by atoms with Gasteiger partial charge in [-0.2, -0.15) is 0 Å². The van der Waals surface area contributed by atoms with E-state index in [1.165, 1.54) is 88.7 Å². The van der Waals surface area contributed by atoms with Crippen molar-refractivity contribution in [2.24, 2.45) is 0 Å². The van der Waals surface area contributed by atoms with Gasteiger partial charge in [0.05, 0.1) is 86.2 Å². The molecule has 106 heavy (non-hydrogen) atoms. The lowest BCUT2D eigenvalue weighted by Crippen LogP contribution is -3.14. The predicted octanol–water partition coefficient (Wildman–Crippen LogP) is 1.83. The molecule has 0 aliphatic carbocycles. The number of likely N-dealkylation sites (tertiary alicyclic amines) is 3. The second kappa shape index (κ2) is 41.8. The second-order valence-electron chi connectivity index (χ2n) is 27.5. The quantitative estimate of drug-likeness (QED) is 0.0296. The van der Waals surface area contributed by atoms with Gasteiger partial charge in [0, 0.05) is 102 Å². The number of quaternary nitrogens is 3. The fourth-order valence-corrected chi connectivity index (χ4v) is 14.1. The summed E-state index contributed by atoms with van der Waals surface area (Å²) in [6, 6.07) is 60.3. The predicted molar refractivity (Wildman–Crippen MR) is 384 cm³/mol. The van der Waals surface area contributed by atoms with Crippen molar-refractivity contribution in [1.29, 1.82) is 0 Å². The molecular formula is C81H104N6O19. The maximum Gasteiger partial charge on any atom is 0.334 e. The molecule has 4 N–H and O–H groups in total. The maximum atomic E-state index is 12.9. The summed E-state index contributed by atoms with van der Waals surface area (Å²) >= 11 is 0. The van der Waals surface area contributed by atoms with Crippen molar-refractivity contribution >= 4 is 53.5 Å². The number of benzene rings is 6. The van der Waals surface area contributed by atoms with Gasteiger partial charge < -0.3 is 63.7 Å². The van der Waals surface area contributed by atoms with Crippen LogP contribution >= 0.6 is 0 Å². The molecule has 25 heteroatoms. The van der Waals surface area contributed by atoms with Gasteiger partial charge in [0.2, 0.25) is 17.7 Å². The maximum absolute atomic E-state index is 12.9. The Kier molecular flexibility index (Phi) is 33.6. The SMILES string of the molecule is COC(=O)C1(N(OCc2ccccc2)C(C)=O)CC[NH+](CC(C)c2ccccc2)CC1.COC(=O)C1(N(OCc2ccccc2)C(C)=O)CC[NH+](CC(C)c2ccccc2)CC1.COC(=O)C1(N(OCc2ccccc2)C(C)=O)CC[NH+](CC(C)c2ccccc2)CC1.O=C([O-])CC(O)(CC(=O)[O-])C(=O)[O-]. The highest BCUT2D eigenvalue weighted by atomic mass is 16.7. The summed E-state index contributed by atoms with van der Waals surface area (Å²) in [4.78, 5) is 128. The standard InChI is InChI=1S/3C25H32N2O4.C6H8O7/c3*1-20(23-12-8-5-9-13-23)18-26-16-14-25(15-17-26,24(29)30-3)27(21(2)28)31-19-22-10-6-4-7-11-22;7-3(8)1-6(13,5(11)12)2-4(9)10/h3*4-13,20H,14-19H2,1-3H3;13H,1-2H2,(H,7,8)(H,9,10)(H,11,12). The number of carboxylic acid groups (broad SMARTS) is 3. The molecule has 25 nitrogen and oxygen atoms in total. The number of hydroxylamine groups is 6. The van der Waals surface area contributed by atoms with Gasteiger partial charge in [-0.1, -0.05) is 203 Å². The molecule has 0 saturated carbocycles. The summed E-state index contributed by atoms with van der Waals surface area (Å²) in [5.74, 6) is -6.84. The minimum Gasteiger partial charge on any atom is -0.550 e. The zero-order chi connectivity index (χ0) is 77.5. The van der Waals surface area contributed by atoms with Gasteiger partial charge in [-0.25, -0.2) is 29.6 Å². The van der Waals surface area contributed by atoms with Crippen LogP contribution in [0.15, 0.2) is 182 Å². The molecule has 3 heterocycles. The first-order chi connectivity index (χ1) is 50.7. The van der Waals surface area contributed by atoms with Gasteiger partial charge in [-0.3, -0.25) is 28.9 Å². The molecule has 3 aliphatic heterocycles. The Hall–Kier alpha value is -9.73. The molecule has 0 aromatic heterocycles. The molecule has 3 amide bonds. The highest BCUT2D eigenvalue weighted by Gasteiger charge is 2.54. The monoisotopic (exact) mass is 1460 g/mol. The Morgan fingerprint density at radius 1 is 0.387 bits per heavy atom. The van der Waals surface area contributed by atoms with Crippen LogP contribution in [0.25, 0.3) is 0 Å². The number of amides is 3. The number of aliphatic carboxylic acids is 3. The lowest BCUT2D eigenvalue weighted by Gasteiger charge is -2.43. The van der Waals surface area contributed by atoms with Gasteiger partial charge in [0.25, 0.3) is 0 Å². The normalized spacial score (nSPS) is 20.5. The molecule has 0 bridgehead atoms. The number of ether oxygens (including phenoxy) is 3. The van der Waals surface area contributed by atoms with E-state index < -0.39 is 70.9 Å². The third-order valence-electron chi connectivity index (χ3n) is 19.8. The second-order valence-corrected chi connectivity index (χ2v) is 27.5. The van der Waals surface area contributed by atoms with Crippen LogP contribution in [0.1, 0.15) is 144 Å². The Morgan fingerprint density at radius 3 is 0.774 bits per heavy atom. The molecule has 3 atom stereocenters. The van der Waals surface area contributed by atoms with Crippen LogP contribution in [0.4, 0.5) is 0 Å². The molecule has 3 unspecified atom stereocenters. The van der Waals surface area contributed by atoms with E-state index in [2.05, 4.69) is 93.6 Å². The van der Waals surface area contributed by atoms with Crippen molar-refractivity contribution in [3.05, 3.63) is 215 Å². The van der Waals surface area contributed by atoms with Crippen LogP contribution in [-0.2, 0) is 91.7 Å². The largest absolute Gasteiger partial charge is 0.550 e. The third kappa shape index (κ3) is 24.4. The first-order valence-corrected chi connectivity index (χ1v) is 35.8. The number of nitrogens with zero attached hydrogens (tertiary/aromatic N) is 3. The smallest absolute Gasteiger partial charge is 0.334 e. The van der Waals surface area contributed by atoms with Crippen molar-refractivity contribution in [3.8, 4) is 0 Å². The van der Waals surface area contributed by atoms with E-state index >= 15 is 0 Å². The summed E-state index contributed by atoms with van der Waals surface area (Å²) in [6.07, 6.45) is 0.313. The fraction of sp³-hybridized carbons (Fsp3) is 0.444. The number of aliphatic hydroxyl groups is 1. The van der Waals surface area contributed by atoms with E-state index in [1.54, 1.807) is 0 Å². The minimum atomic E-state index is -2.97. The summed E-state index contributed by atoms with van der Waals surface area (Å²) in [5, 5.41) is 42.7. The number of hydrogen-bond acceptors (Lipinski definition) is 19. The number of carbonyl (C=O) groups excluding carboxylic acids is 9. The lowest BCUT2D eigenvalue weighted by molar-refractivity contribution is -0.908. The zero-order valence-electron chi connectivity index (χ0n) is 62.3. The lowest BCUT2D eigenvalue weighted by atomic mass is 9.86. The van der Waals surface area contributed by atoms with E-state index in [0.29, 0.717) is 56.3 Å². The number of carboxylic acids is 3. The summed E-state index contributed by atoms with van der Waals surface area (Å²) < 4.78 is 15.4. The molecular weight excluding hydrogens is 1360 g/mol. The molecule has 6 aromatic carbocycles. The summed E-state index contributed by atoms with van der Waals surface area (Å²) in [7, 11) is 4.11. The van der Waals surface area contributed by atoms with Crippen molar-refractivity contribution in [2.45, 2.75) is 153 Å².